The molecule has 3 aromatic rings. The van der Waals surface area contributed by atoms with Crippen molar-refractivity contribution in [2.75, 3.05) is 6.61 Å². The lowest BCUT2D eigenvalue weighted by atomic mass is 10.2. The van der Waals surface area contributed by atoms with Crippen LogP contribution in [-0.2, 0) is 9.53 Å². The van der Waals surface area contributed by atoms with E-state index in [1.165, 1.54) is 11.8 Å². The molecule has 0 radical (unpaired) electrons. The van der Waals surface area contributed by atoms with Gasteiger partial charge in [0.2, 0.25) is 0 Å². The molecule has 0 saturated heterocycles. The summed E-state index contributed by atoms with van der Waals surface area (Å²) in [4.78, 5) is 11.7. The molecule has 118 valence electrons. The molecule has 0 saturated carbocycles. The van der Waals surface area contributed by atoms with E-state index in [2.05, 4.69) is 15.3 Å². The molecule has 0 spiro atoms. The molecule has 2 aromatic heterocycles. The Morgan fingerprint density at radius 1 is 1.22 bits per heavy atom. The molecule has 1 atom stereocenters. The highest BCUT2D eigenvalue weighted by Crippen LogP contribution is 2.24. The van der Waals surface area contributed by atoms with Crippen molar-refractivity contribution < 1.29 is 9.53 Å². The summed E-state index contributed by atoms with van der Waals surface area (Å²) in [6, 6.07) is 13.4. The van der Waals surface area contributed by atoms with E-state index in [4.69, 9.17) is 4.74 Å². The fourth-order valence-corrected chi connectivity index (χ4v) is 2.89. The molecule has 3 rings (SSSR count). The van der Waals surface area contributed by atoms with Crippen LogP contribution in [0.3, 0.4) is 0 Å². The molecule has 23 heavy (non-hydrogen) atoms. The maximum atomic E-state index is 11.7. The number of aromatic nitrogens is 4. The molecule has 1 aromatic carbocycles. The number of carbonyl (C=O) groups excluding carboxylic acids is 1. The zero-order valence-corrected chi connectivity index (χ0v) is 13.7. The van der Waals surface area contributed by atoms with E-state index >= 15 is 0 Å². The number of benzene rings is 1. The highest BCUT2D eigenvalue weighted by Gasteiger charge is 2.17. The maximum Gasteiger partial charge on any atom is 0.319 e. The Morgan fingerprint density at radius 3 is 2.74 bits per heavy atom. The number of esters is 1. The molecule has 0 bridgehead atoms. The highest BCUT2D eigenvalue weighted by atomic mass is 32.2. The number of carbonyl (C=O) groups is 1. The summed E-state index contributed by atoms with van der Waals surface area (Å²) in [5, 5.41) is 13.3. The first kappa shape index (κ1) is 15.5. The lowest BCUT2D eigenvalue weighted by molar-refractivity contribution is -0.142. The van der Waals surface area contributed by atoms with E-state index in [0.29, 0.717) is 18.1 Å². The third-order valence-corrected chi connectivity index (χ3v) is 4.19. The number of fused-ring (bicyclic) bond motifs is 1. The standard InChI is InChI=1S/C16H16N4O2S/c1-3-22-16(21)11(2)23-14-10-9-13-17-18-15(20(13)19-14)12-7-5-4-6-8-12/h4-11H,3H2,1-2H3. The van der Waals surface area contributed by atoms with Gasteiger partial charge >= 0.3 is 5.97 Å². The fraction of sp³-hybridized carbons (Fsp3) is 0.250. The van der Waals surface area contributed by atoms with Crippen LogP contribution in [0.4, 0.5) is 0 Å². The lowest BCUT2D eigenvalue weighted by Crippen LogP contribution is -2.17. The van der Waals surface area contributed by atoms with Crippen molar-refractivity contribution in [3.8, 4) is 11.4 Å². The van der Waals surface area contributed by atoms with E-state index < -0.39 is 0 Å². The summed E-state index contributed by atoms with van der Waals surface area (Å²) in [5.74, 6) is 0.429. The molecular formula is C16H16N4O2S. The summed E-state index contributed by atoms with van der Waals surface area (Å²) in [5.41, 5.74) is 1.60. The van der Waals surface area contributed by atoms with Crippen LogP contribution in [-0.4, -0.2) is 37.6 Å². The average Bonchev–Trinajstić information content (AvgIpc) is 2.99. The zero-order chi connectivity index (χ0) is 16.2. The Morgan fingerprint density at radius 2 is 2.00 bits per heavy atom. The van der Waals surface area contributed by atoms with Crippen LogP contribution in [0.15, 0.2) is 47.5 Å². The summed E-state index contributed by atoms with van der Waals surface area (Å²) >= 11 is 1.35. The normalized spacial score (nSPS) is 12.3. The van der Waals surface area contributed by atoms with Crippen molar-refractivity contribution in [1.29, 1.82) is 0 Å². The lowest BCUT2D eigenvalue weighted by Gasteiger charge is -2.09. The zero-order valence-electron chi connectivity index (χ0n) is 12.8. The first-order chi connectivity index (χ1) is 11.2. The fourth-order valence-electron chi connectivity index (χ4n) is 2.09. The van der Waals surface area contributed by atoms with Crippen LogP contribution in [0.2, 0.25) is 0 Å². The van der Waals surface area contributed by atoms with E-state index in [9.17, 15) is 4.79 Å². The summed E-state index contributed by atoms with van der Waals surface area (Å²) < 4.78 is 6.71. The first-order valence-corrected chi connectivity index (χ1v) is 8.18. The van der Waals surface area contributed by atoms with Crippen LogP contribution < -0.4 is 0 Å². The van der Waals surface area contributed by atoms with Crippen molar-refractivity contribution in [3.63, 3.8) is 0 Å². The Balaban J connectivity index is 1.91. The van der Waals surface area contributed by atoms with Gasteiger partial charge in [-0.05, 0) is 26.0 Å². The Kier molecular flexibility index (Phi) is 4.57. The van der Waals surface area contributed by atoms with Gasteiger partial charge in [0.15, 0.2) is 11.5 Å². The van der Waals surface area contributed by atoms with Gasteiger partial charge in [0.1, 0.15) is 10.3 Å². The number of hydrogen-bond donors (Lipinski definition) is 0. The van der Waals surface area contributed by atoms with E-state index in [1.807, 2.05) is 42.5 Å². The second-order valence-corrected chi connectivity index (χ2v) is 6.20. The molecule has 0 aliphatic carbocycles. The second kappa shape index (κ2) is 6.78. The van der Waals surface area contributed by atoms with E-state index in [1.54, 1.807) is 18.4 Å². The van der Waals surface area contributed by atoms with Crippen LogP contribution in [0, 0.1) is 0 Å². The van der Waals surface area contributed by atoms with Gasteiger partial charge in [0, 0.05) is 5.56 Å². The van der Waals surface area contributed by atoms with Gasteiger partial charge in [-0.3, -0.25) is 4.79 Å². The third-order valence-electron chi connectivity index (χ3n) is 3.19. The van der Waals surface area contributed by atoms with E-state index in [-0.39, 0.29) is 11.2 Å². The average molecular weight is 328 g/mol. The molecular weight excluding hydrogens is 312 g/mol. The molecule has 0 N–H and O–H groups in total. The van der Waals surface area contributed by atoms with Crippen molar-refractivity contribution in [3.05, 3.63) is 42.5 Å². The topological polar surface area (TPSA) is 69.4 Å². The van der Waals surface area contributed by atoms with Gasteiger partial charge < -0.3 is 4.74 Å². The minimum absolute atomic E-state index is 0.244. The number of nitrogens with zero attached hydrogens (tertiary/aromatic N) is 4. The number of hydrogen-bond acceptors (Lipinski definition) is 6. The second-order valence-electron chi connectivity index (χ2n) is 4.84. The van der Waals surface area contributed by atoms with E-state index in [0.717, 1.165) is 10.6 Å². The van der Waals surface area contributed by atoms with Gasteiger partial charge in [-0.1, -0.05) is 42.1 Å². The van der Waals surface area contributed by atoms with Crippen LogP contribution in [0.1, 0.15) is 13.8 Å². The quantitative estimate of drug-likeness (QED) is 0.530. The van der Waals surface area contributed by atoms with Gasteiger partial charge in [-0.25, -0.2) is 0 Å². The van der Waals surface area contributed by atoms with Gasteiger partial charge in [0.25, 0.3) is 0 Å². The molecule has 1 unspecified atom stereocenters. The minimum Gasteiger partial charge on any atom is -0.465 e. The maximum absolute atomic E-state index is 11.7. The third kappa shape index (κ3) is 3.34. The first-order valence-electron chi connectivity index (χ1n) is 7.30. The molecule has 2 heterocycles. The Labute approximate surface area is 137 Å². The largest absolute Gasteiger partial charge is 0.465 e. The predicted molar refractivity (Wildman–Crippen MR) is 88.2 cm³/mol. The van der Waals surface area contributed by atoms with Crippen molar-refractivity contribution >= 4 is 23.4 Å². The SMILES string of the molecule is CCOC(=O)C(C)Sc1ccc2nnc(-c3ccccc3)n2n1. The van der Waals surface area contributed by atoms with Gasteiger partial charge in [0.05, 0.1) is 6.61 Å². The van der Waals surface area contributed by atoms with Crippen molar-refractivity contribution in [1.82, 2.24) is 19.8 Å². The summed E-state index contributed by atoms with van der Waals surface area (Å²) in [6.07, 6.45) is 0. The predicted octanol–water partition coefficient (Wildman–Crippen LogP) is 2.84. The summed E-state index contributed by atoms with van der Waals surface area (Å²) in [7, 11) is 0. The molecule has 0 amide bonds. The van der Waals surface area contributed by atoms with Gasteiger partial charge in [-0.2, -0.15) is 9.61 Å². The van der Waals surface area contributed by atoms with Gasteiger partial charge in [-0.15, -0.1) is 10.2 Å². The number of ether oxygens (including phenoxy) is 1. The smallest absolute Gasteiger partial charge is 0.319 e. The molecule has 0 aliphatic rings. The summed E-state index contributed by atoms with van der Waals surface area (Å²) in [6.45, 7) is 3.97. The Hall–Kier alpha value is -2.41. The van der Waals surface area contributed by atoms with Crippen molar-refractivity contribution in [2.45, 2.75) is 24.1 Å². The van der Waals surface area contributed by atoms with Crippen LogP contribution >= 0.6 is 11.8 Å². The number of rotatable bonds is 5. The minimum atomic E-state index is -0.323. The van der Waals surface area contributed by atoms with Crippen molar-refractivity contribution in [2.24, 2.45) is 0 Å². The molecule has 6 nitrogen and oxygen atoms in total. The Bertz CT molecular complexity index is 819. The highest BCUT2D eigenvalue weighted by molar-refractivity contribution is 8.00. The number of thioether (sulfide) groups is 1. The molecule has 0 aliphatic heterocycles. The van der Waals surface area contributed by atoms with Crippen LogP contribution in [0.25, 0.3) is 17.0 Å². The molecule has 0 fully saturated rings. The van der Waals surface area contributed by atoms with Crippen LogP contribution in [0.5, 0.6) is 0 Å². The molecule has 7 heteroatoms. The monoisotopic (exact) mass is 328 g/mol.